The van der Waals surface area contributed by atoms with Crippen molar-refractivity contribution in [2.24, 2.45) is 5.92 Å². The summed E-state index contributed by atoms with van der Waals surface area (Å²) in [5.74, 6) is -1.03. The number of nitrogens with one attached hydrogen (secondary N) is 1. The van der Waals surface area contributed by atoms with Crippen LogP contribution in [0.3, 0.4) is 0 Å². The molecule has 2 N–H and O–H groups in total. The van der Waals surface area contributed by atoms with Crippen molar-refractivity contribution in [2.45, 2.75) is 49.5 Å². The predicted octanol–water partition coefficient (Wildman–Crippen LogP) is 0.533. The summed E-state index contributed by atoms with van der Waals surface area (Å²) in [4.78, 5) is 11.2. The highest BCUT2D eigenvalue weighted by Gasteiger charge is 2.39. The molecule has 4 atom stereocenters. The van der Waals surface area contributed by atoms with Crippen molar-refractivity contribution in [2.75, 3.05) is 12.8 Å². The maximum Gasteiger partial charge on any atom is 0.332 e. The number of thiol groups is 1. The first-order valence-corrected chi connectivity index (χ1v) is 9.07. The number of sulfone groups is 1. The second-order valence-electron chi connectivity index (χ2n) is 5.69. The highest BCUT2D eigenvalue weighted by atomic mass is 32.2. The number of hydrogen-bond donors (Lipinski definition) is 3. The van der Waals surface area contributed by atoms with Crippen LogP contribution in [-0.2, 0) is 19.4 Å². The van der Waals surface area contributed by atoms with Crippen molar-refractivity contribution in [3.05, 3.63) is 0 Å². The lowest BCUT2D eigenvalue weighted by Gasteiger charge is -2.26. The summed E-state index contributed by atoms with van der Waals surface area (Å²) in [5, 5.41) is 12.3. The zero-order chi connectivity index (χ0) is 15.5. The number of aliphatic carboxylic acids is 1. The molecule has 0 aromatic rings. The molecule has 20 heavy (non-hydrogen) atoms. The van der Waals surface area contributed by atoms with Crippen molar-refractivity contribution >= 4 is 28.4 Å². The smallest absolute Gasteiger partial charge is 0.332 e. The molecule has 1 rings (SSSR count). The molecule has 118 valence electrons. The van der Waals surface area contributed by atoms with Crippen LogP contribution in [0.1, 0.15) is 26.7 Å². The number of rotatable bonds is 7. The molecule has 1 aliphatic heterocycles. The maximum absolute atomic E-state index is 11.9. The third-order valence-electron chi connectivity index (χ3n) is 3.15. The van der Waals surface area contributed by atoms with Gasteiger partial charge in [0.1, 0.15) is 0 Å². The number of carbonyl (C=O) groups is 1. The number of hydrogen-bond acceptors (Lipinski definition) is 6. The Morgan fingerprint density at radius 3 is 2.45 bits per heavy atom. The molecule has 0 amide bonds. The van der Waals surface area contributed by atoms with Gasteiger partial charge in [0.2, 0.25) is 0 Å². The Balaban J connectivity index is 2.86. The largest absolute Gasteiger partial charge is 0.479 e. The lowest BCUT2D eigenvalue weighted by molar-refractivity contribution is -0.153. The van der Waals surface area contributed by atoms with Gasteiger partial charge < -0.3 is 15.2 Å². The van der Waals surface area contributed by atoms with E-state index in [4.69, 9.17) is 4.74 Å². The van der Waals surface area contributed by atoms with Gasteiger partial charge >= 0.3 is 5.97 Å². The molecule has 1 aliphatic rings. The van der Waals surface area contributed by atoms with Gasteiger partial charge in [0.05, 0.1) is 0 Å². The van der Waals surface area contributed by atoms with Crippen LogP contribution in [0.2, 0.25) is 0 Å². The first-order chi connectivity index (χ1) is 9.11. The number of carboxylic acid groups (broad SMARTS) is 1. The van der Waals surface area contributed by atoms with Crippen LogP contribution in [0.25, 0.3) is 0 Å². The molecular formula is C12H23NO5S2. The molecule has 0 bridgehead atoms. The monoisotopic (exact) mass is 325 g/mol. The SMILES string of the molecule is CC(C)CC(O[C@@H]([C@@H]1C[C@@H](S)CN1)S(C)(=O)=O)C(=O)O. The molecule has 1 heterocycles. The Morgan fingerprint density at radius 2 is 2.10 bits per heavy atom. The molecule has 0 spiro atoms. The quantitative estimate of drug-likeness (QED) is 0.592. The van der Waals surface area contributed by atoms with E-state index in [9.17, 15) is 18.3 Å². The third kappa shape index (κ3) is 5.23. The molecule has 0 aromatic heterocycles. The predicted molar refractivity (Wildman–Crippen MR) is 79.8 cm³/mol. The Morgan fingerprint density at radius 1 is 1.50 bits per heavy atom. The summed E-state index contributed by atoms with van der Waals surface area (Å²) in [7, 11) is -3.52. The fraction of sp³-hybridized carbons (Fsp3) is 0.917. The summed E-state index contributed by atoms with van der Waals surface area (Å²) >= 11 is 4.30. The summed E-state index contributed by atoms with van der Waals surface area (Å²) in [6.07, 6.45) is 0.766. The lowest BCUT2D eigenvalue weighted by atomic mass is 10.1. The zero-order valence-electron chi connectivity index (χ0n) is 11.9. The summed E-state index contributed by atoms with van der Waals surface area (Å²) in [6.45, 7) is 4.32. The average Bonchev–Trinajstić information content (AvgIpc) is 2.67. The minimum absolute atomic E-state index is 0.0567. The molecule has 1 unspecified atom stereocenters. The van der Waals surface area contributed by atoms with E-state index in [0.717, 1.165) is 6.26 Å². The minimum atomic E-state index is -3.52. The number of ether oxygens (including phenoxy) is 1. The van der Waals surface area contributed by atoms with Crippen LogP contribution in [0.15, 0.2) is 0 Å². The topological polar surface area (TPSA) is 92.7 Å². The Labute approximate surface area is 125 Å². The Hall–Kier alpha value is -0.310. The molecule has 6 nitrogen and oxygen atoms in total. The second kappa shape index (κ2) is 7.11. The Bertz CT molecular complexity index is 437. The van der Waals surface area contributed by atoms with Gasteiger partial charge in [-0.25, -0.2) is 13.2 Å². The van der Waals surface area contributed by atoms with Crippen LogP contribution in [0.4, 0.5) is 0 Å². The molecule has 0 aliphatic carbocycles. The van der Waals surface area contributed by atoms with E-state index < -0.39 is 33.4 Å². The molecule has 0 radical (unpaired) electrons. The third-order valence-corrected chi connectivity index (χ3v) is 4.83. The molecule has 8 heteroatoms. The summed E-state index contributed by atoms with van der Waals surface area (Å²) < 4.78 is 29.2. The van der Waals surface area contributed by atoms with Crippen LogP contribution < -0.4 is 5.32 Å². The summed E-state index contributed by atoms with van der Waals surface area (Å²) in [6, 6.07) is -0.415. The highest BCUT2D eigenvalue weighted by Crippen LogP contribution is 2.23. The minimum Gasteiger partial charge on any atom is -0.479 e. The first kappa shape index (κ1) is 17.7. The van der Waals surface area contributed by atoms with Gasteiger partial charge in [-0.15, -0.1) is 0 Å². The molecule has 1 fully saturated rings. The molecule has 0 saturated carbocycles. The fourth-order valence-electron chi connectivity index (χ4n) is 2.25. The van der Waals surface area contributed by atoms with E-state index in [-0.39, 0.29) is 17.6 Å². The van der Waals surface area contributed by atoms with Crippen LogP contribution in [0.5, 0.6) is 0 Å². The van der Waals surface area contributed by atoms with Crippen molar-refractivity contribution < 1.29 is 23.1 Å². The van der Waals surface area contributed by atoms with E-state index in [0.29, 0.717) is 13.0 Å². The summed E-state index contributed by atoms with van der Waals surface area (Å²) in [5.41, 5.74) is -1.15. The van der Waals surface area contributed by atoms with Crippen LogP contribution in [0, 0.1) is 5.92 Å². The lowest BCUT2D eigenvalue weighted by Crippen LogP contribution is -2.45. The van der Waals surface area contributed by atoms with Gasteiger partial charge in [0.25, 0.3) is 0 Å². The fourth-order valence-corrected chi connectivity index (χ4v) is 3.73. The van der Waals surface area contributed by atoms with Crippen molar-refractivity contribution in [3.8, 4) is 0 Å². The van der Waals surface area contributed by atoms with Crippen molar-refractivity contribution in [1.82, 2.24) is 5.32 Å². The second-order valence-corrected chi connectivity index (χ2v) is 8.55. The van der Waals surface area contributed by atoms with E-state index in [1.165, 1.54) is 0 Å². The van der Waals surface area contributed by atoms with Gasteiger partial charge in [-0.05, 0) is 18.8 Å². The van der Waals surface area contributed by atoms with E-state index in [1.807, 2.05) is 13.8 Å². The Kier molecular flexibility index (Phi) is 6.30. The van der Waals surface area contributed by atoms with Gasteiger partial charge in [0, 0.05) is 24.1 Å². The number of carboxylic acids is 1. The van der Waals surface area contributed by atoms with Crippen molar-refractivity contribution in [1.29, 1.82) is 0 Å². The van der Waals surface area contributed by atoms with Gasteiger partial charge in [-0.1, -0.05) is 13.8 Å². The first-order valence-electron chi connectivity index (χ1n) is 6.59. The van der Waals surface area contributed by atoms with E-state index in [2.05, 4.69) is 17.9 Å². The normalized spacial score (nSPS) is 26.6. The van der Waals surface area contributed by atoms with Gasteiger partial charge in [-0.3, -0.25) is 0 Å². The molecule has 1 saturated heterocycles. The van der Waals surface area contributed by atoms with Crippen molar-refractivity contribution in [3.63, 3.8) is 0 Å². The highest BCUT2D eigenvalue weighted by molar-refractivity contribution is 7.91. The van der Waals surface area contributed by atoms with E-state index in [1.54, 1.807) is 0 Å². The van der Waals surface area contributed by atoms with Crippen LogP contribution >= 0.6 is 12.6 Å². The average molecular weight is 325 g/mol. The standard InChI is InChI=1S/C12H23NO5S2/c1-7(2)4-10(11(14)15)18-12(20(3,16)17)9-5-8(19)6-13-9/h7-10,12-13,19H,4-6H2,1-3H3,(H,14,15)/t8-,9+,10?,12-/m1/s1. The van der Waals surface area contributed by atoms with Gasteiger partial charge in [0.15, 0.2) is 21.4 Å². The molecular weight excluding hydrogens is 302 g/mol. The molecule has 0 aromatic carbocycles. The maximum atomic E-state index is 11.9. The van der Waals surface area contributed by atoms with Crippen LogP contribution in [-0.4, -0.2) is 55.1 Å². The zero-order valence-corrected chi connectivity index (χ0v) is 13.7. The van der Waals surface area contributed by atoms with E-state index >= 15 is 0 Å². The van der Waals surface area contributed by atoms with Gasteiger partial charge in [-0.2, -0.15) is 12.6 Å².